The molecule has 2 heterocycles. The summed E-state index contributed by atoms with van der Waals surface area (Å²) in [7, 11) is 0. The molecule has 2 nitrogen and oxygen atoms in total. The van der Waals surface area contributed by atoms with E-state index in [4.69, 9.17) is 0 Å². The molecule has 0 N–H and O–H groups in total. The van der Waals surface area contributed by atoms with Crippen LogP contribution in [-0.2, 0) is 5.41 Å². The molecule has 1 aliphatic carbocycles. The van der Waals surface area contributed by atoms with E-state index in [0.29, 0.717) is 0 Å². The molecule has 0 saturated heterocycles. The Kier molecular flexibility index (Phi) is 7.31. The number of benzene rings is 9. The summed E-state index contributed by atoms with van der Waals surface area (Å²) in [5.41, 5.74) is 19.9. The van der Waals surface area contributed by atoms with Gasteiger partial charge in [0.2, 0.25) is 0 Å². The molecule has 0 amide bonds. The third kappa shape index (κ3) is 5.13. The van der Waals surface area contributed by atoms with Crippen molar-refractivity contribution in [2.45, 2.75) is 19.3 Å². The summed E-state index contributed by atoms with van der Waals surface area (Å²) in [5.74, 6) is 0. The summed E-state index contributed by atoms with van der Waals surface area (Å²) >= 11 is 0. The maximum atomic E-state index is 2.46. The minimum atomic E-state index is -0.0370. The van der Waals surface area contributed by atoms with E-state index in [1.165, 1.54) is 93.7 Å². The zero-order chi connectivity index (χ0) is 39.2. The fourth-order valence-corrected chi connectivity index (χ4v) is 9.98. The Bertz CT molecular complexity index is 3370. The molecule has 0 radical (unpaired) electrons. The second-order valence-corrected chi connectivity index (χ2v) is 16.6. The average molecular weight is 753 g/mol. The van der Waals surface area contributed by atoms with Gasteiger partial charge in [-0.15, -0.1) is 0 Å². The number of rotatable bonds is 6. The van der Waals surface area contributed by atoms with Gasteiger partial charge in [0.05, 0.1) is 16.6 Å². The fourth-order valence-electron chi connectivity index (χ4n) is 9.98. The number of hydrogen-bond donors (Lipinski definition) is 0. The summed E-state index contributed by atoms with van der Waals surface area (Å²) in [4.78, 5) is 2.37. The van der Waals surface area contributed by atoms with Gasteiger partial charge in [-0.05, 0) is 110 Å². The van der Waals surface area contributed by atoms with Gasteiger partial charge in [-0.2, -0.15) is 0 Å². The molecular formula is C57H40N2. The van der Waals surface area contributed by atoms with Crippen LogP contribution in [0.5, 0.6) is 0 Å². The van der Waals surface area contributed by atoms with Gasteiger partial charge in [0.1, 0.15) is 0 Å². The van der Waals surface area contributed by atoms with Crippen LogP contribution in [0.3, 0.4) is 0 Å². The largest absolute Gasteiger partial charge is 0.311 e. The third-order valence-corrected chi connectivity index (χ3v) is 13.0. The maximum absolute atomic E-state index is 2.46. The Morgan fingerprint density at radius 1 is 0.339 bits per heavy atom. The molecule has 278 valence electrons. The van der Waals surface area contributed by atoms with E-state index in [1.54, 1.807) is 0 Å². The van der Waals surface area contributed by atoms with Crippen molar-refractivity contribution in [2.24, 2.45) is 0 Å². The van der Waals surface area contributed by atoms with E-state index in [1.807, 2.05) is 0 Å². The van der Waals surface area contributed by atoms with Crippen molar-refractivity contribution in [3.63, 3.8) is 0 Å². The monoisotopic (exact) mass is 752 g/mol. The molecule has 0 aliphatic heterocycles. The molecule has 2 aromatic heterocycles. The lowest BCUT2D eigenvalue weighted by atomic mass is 9.81. The highest BCUT2D eigenvalue weighted by atomic mass is 15.1. The molecular weight excluding hydrogens is 713 g/mol. The first kappa shape index (κ1) is 33.7. The minimum Gasteiger partial charge on any atom is -0.311 e. The Morgan fingerprint density at radius 3 is 1.49 bits per heavy atom. The summed E-state index contributed by atoms with van der Waals surface area (Å²) in [6.45, 7) is 4.70. The zero-order valence-electron chi connectivity index (χ0n) is 33.0. The van der Waals surface area contributed by atoms with Gasteiger partial charge >= 0.3 is 0 Å². The van der Waals surface area contributed by atoms with Crippen LogP contribution >= 0.6 is 0 Å². The smallest absolute Gasteiger partial charge is 0.0620 e. The molecule has 59 heavy (non-hydrogen) atoms. The van der Waals surface area contributed by atoms with Gasteiger partial charge in [0.25, 0.3) is 0 Å². The standard InChI is InChI=1S/C57H40N2/c1-57(2)52-17-8-6-13-46(52)47-33-25-41(35-53(47)57)39-21-29-44(30-22-39)58(43-27-19-38(20-28-43)37-11-4-3-5-12-37)45-31-23-40(24-32-45)42-26-34-49-51-16-10-15-50-48-14-7-9-18-54(48)59(56(50)51)55(49)36-42/h3-36H,1-2H3. The highest BCUT2D eigenvalue weighted by Crippen LogP contribution is 2.50. The molecule has 1 aliphatic rings. The van der Waals surface area contributed by atoms with Crippen molar-refractivity contribution in [1.29, 1.82) is 0 Å². The van der Waals surface area contributed by atoms with Crippen LogP contribution in [0.15, 0.2) is 206 Å². The Hall–Kier alpha value is -7.42. The van der Waals surface area contributed by atoms with Crippen LogP contribution in [0.25, 0.3) is 82.6 Å². The summed E-state index contributed by atoms with van der Waals surface area (Å²) in [6, 6.07) is 76.0. The average Bonchev–Trinajstić information content (AvgIpc) is 3.90. The molecule has 0 unspecified atom stereocenters. The van der Waals surface area contributed by atoms with Crippen molar-refractivity contribution in [3.05, 3.63) is 217 Å². The highest BCUT2D eigenvalue weighted by molar-refractivity contribution is 6.23. The summed E-state index contributed by atoms with van der Waals surface area (Å²) < 4.78 is 2.46. The van der Waals surface area contributed by atoms with Crippen LogP contribution in [0.1, 0.15) is 25.0 Å². The first-order chi connectivity index (χ1) is 29.0. The lowest BCUT2D eigenvalue weighted by Gasteiger charge is -2.26. The topological polar surface area (TPSA) is 7.65 Å². The minimum absolute atomic E-state index is 0.0370. The molecule has 0 atom stereocenters. The second kappa shape index (κ2) is 12.8. The number of nitrogens with zero attached hydrogens (tertiary/aromatic N) is 2. The predicted octanol–water partition coefficient (Wildman–Crippen LogP) is 15.6. The Labute approximate surface area is 344 Å². The molecule has 11 aromatic rings. The van der Waals surface area contributed by atoms with E-state index in [-0.39, 0.29) is 5.41 Å². The lowest BCUT2D eigenvalue weighted by molar-refractivity contribution is 0.660. The van der Waals surface area contributed by atoms with E-state index < -0.39 is 0 Å². The first-order valence-electron chi connectivity index (χ1n) is 20.6. The van der Waals surface area contributed by atoms with Crippen molar-refractivity contribution < 1.29 is 0 Å². The quantitative estimate of drug-likeness (QED) is 0.164. The number of anilines is 3. The molecule has 12 rings (SSSR count). The molecule has 0 saturated carbocycles. The molecule has 0 bridgehead atoms. The van der Waals surface area contributed by atoms with E-state index in [0.717, 1.165) is 17.1 Å². The first-order valence-corrected chi connectivity index (χ1v) is 20.6. The van der Waals surface area contributed by atoms with Gasteiger partial charge < -0.3 is 9.30 Å². The van der Waals surface area contributed by atoms with E-state index in [9.17, 15) is 0 Å². The fraction of sp³-hybridized carbons (Fsp3) is 0.0526. The predicted molar refractivity (Wildman–Crippen MR) is 250 cm³/mol. The van der Waals surface area contributed by atoms with Gasteiger partial charge in [-0.1, -0.05) is 166 Å². The Morgan fingerprint density at radius 2 is 0.814 bits per heavy atom. The van der Waals surface area contributed by atoms with Crippen molar-refractivity contribution >= 4 is 55.2 Å². The normalized spacial score (nSPS) is 13.1. The van der Waals surface area contributed by atoms with E-state index >= 15 is 0 Å². The number of hydrogen-bond acceptors (Lipinski definition) is 1. The Balaban J connectivity index is 0.926. The van der Waals surface area contributed by atoms with Crippen molar-refractivity contribution in [2.75, 3.05) is 4.90 Å². The van der Waals surface area contributed by atoms with Crippen LogP contribution < -0.4 is 4.90 Å². The van der Waals surface area contributed by atoms with Crippen LogP contribution in [0, 0.1) is 0 Å². The zero-order valence-corrected chi connectivity index (χ0v) is 33.0. The van der Waals surface area contributed by atoms with Crippen LogP contribution in [-0.4, -0.2) is 4.40 Å². The van der Waals surface area contributed by atoms with Crippen LogP contribution in [0.2, 0.25) is 0 Å². The second-order valence-electron chi connectivity index (χ2n) is 16.6. The molecule has 0 spiro atoms. The third-order valence-electron chi connectivity index (χ3n) is 13.0. The SMILES string of the molecule is CC1(C)c2ccccc2-c2ccc(-c3ccc(N(c4ccc(-c5ccccc5)cc4)c4ccc(-c5ccc6c7cccc8c9ccccc9n(c6c5)c87)cc4)cc3)cc21. The summed E-state index contributed by atoms with van der Waals surface area (Å²) in [5, 5.41) is 5.21. The number of aromatic nitrogens is 1. The van der Waals surface area contributed by atoms with Gasteiger partial charge in [0.15, 0.2) is 0 Å². The van der Waals surface area contributed by atoms with Gasteiger partial charge in [-0.25, -0.2) is 0 Å². The number of para-hydroxylation sites is 2. The van der Waals surface area contributed by atoms with Crippen molar-refractivity contribution in [3.8, 4) is 44.5 Å². The maximum Gasteiger partial charge on any atom is 0.0620 e. The van der Waals surface area contributed by atoms with Crippen LogP contribution in [0.4, 0.5) is 17.1 Å². The number of fused-ring (bicyclic) bond motifs is 9. The summed E-state index contributed by atoms with van der Waals surface area (Å²) in [6.07, 6.45) is 0. The van der Waals surface area contributed by atoms with Crippen molar-refractivity contribution in [1.82, 2.24) is 4.40 Å². The van der Waals surface area contributed by atoms with Gasteiger partial charge in [0, 0.05) is 44.0 Å². The highest BCUT2D eigenvalue weighted by Gasteiger charge is 2.35. The molecule has 2 heteroatoms. The molecule has 9 aromatic carbocycles. The molecule has 0 fully saturated rings. The lowest BCUT2D eigenvalue weighted by Crippen LogP contribution is -2.14. The van der Waals surface area contributed by atoms with E-state index in [2.05, 4.69) is 229 Å². The van der Waals surface area contributed by atoms with Gasteiger partial charge in [-0.3, -0.25) is 0 Å².